The highest BCUT2D eigenvalue weighted by atomic mass is 79.9. The number of halogens is 1. The maximum Gasteiger partial charge on any atom is 0.325 e. The molecule has 1 aromatic rings. The van der Waals surface area contributed by atoms with Crippen LogP contribution in [0.1, 0.15) is 13.8 Å². The molecule has 0 atom stereocenters. The molecule has 1 heterocycles. The lowest BCUT2D eigenvalue weighted by atomic mass is 10.3. The fourth-order valence-electron chi connectivity index (χ4n) is 1.14. The minimum Gasteiger partial charge on any atom is -0.468 e. The summed E-state index contributed by atoms with van der Waals surface area (Å²) >= 11 is 3.26. The highest BCUT2D eigenvalue weighted by molar-refractivity contribution is 9.10. The summed E-state index contributed by atoms with van der Waals surface area (Å²) in [5.74, 6) is 0.212. The quantitative estimate of drug-likeness (QED) is 0.788. The molecular formula is C10H14BrN3O2. The van der Waals surface area contributed by atoms with E-state index in [9.17, 15) is 4.79 Å². The zero-order valence-corrected chi connectivity index (χ0v) is 11.1. The summed E-state index contributed by atoms with van der Waals surface area (Å²) in [4.78, 5) is 21.3. The van der Waals surface area contributed by atoms with Crippen molar-refractivity contribution in [2.75, 3.05) is 18.6 Å². The Balaban J connectivity index is 2.85. The lowest BCUT2D eigenvalue weighted by Gasteiger charge is -2.25. The second-order valence-electron chi connectivity index (χ2n) is 3.50. The number of esters is 1. The largest absolute Gasteiger partial charge is 0.468 e. The summed E-state index contributed by atoms with van der Waals surface area (Å²) in [5, 5.41) is 0. The summed E-state index contributed by atoms with van der Waals surface area (Å²) in [5.41, 5.74) is 0. The molecule has 0 aromatic carbocycles. The molecule has 16 heavy (non-hydrogen) atoms. The highest BCUT2D eigenvalue weighted by Gasteiger charge is 2.17. The molecule has 0 spiro atoms. The fraction of sp³-hybridized carbons (Fsp3) is 0.500. The minimum absolute atomic E-state index is 0.125. The molecule has 5 nitrogen and oxygen atoms in total. The van der Waals surface area contributed by atoms with Crippen LogP contribution in [-0.4, -0.2) is 35.6 Å². The molecule has 0 aliphatic rings. The third kappa shape index (κ3) is 3.44. The number of carbonyl (C=O) groups excluding carboxylic acids is 1. The van der Waals surface area contributed by atoms with Gasteiger partial charge < -0.3 is 9.64 Å². The molecule has 0 radical (unpaired) electrons. The zero-order chi connectivity index (χ0) is 12.1. The Morgan fingerprint density at radius 2 is 2.06 bits per heavy atom. The normalized spacial score (nSPS) is 10.3. The molecule has 0 unspecified atom stereocenters. The second kappa shape index (κ2) is 5.79. The maximum absolute atomic E-state index is 11.2. The van der Waals surface area contributed by atoms with E-state index in [1.54, 1.807) is 17.3 Å². The van der Waals surface area contributed by atoms with Crippen LogP contribution in [0.3, 0.4) is 0 Å². The average molecular weight is 288 g/mol. The standard InChI is InChI=1S/C10H14BrN3O2/c1-7(2)14(6-9(15)16-3)10-12-4-8(11)5-13-10/h4-5,7H,6H2,1-3H3. The van der Waals surface area contributed by atoms with E-state index in [4.69, 9.17) is 0 Å². The van der Waals surface area contributed by atoms with Crippen molar-refractivity contribution in [2.24, 2.45) is 0 Å². The van der Waals surface area contributed by atoms with Gasteiger partial charge in [0.2, 0.25) is 5.95 Å². The first kappa shape index (κ1) is 12.9. The van der Waals surface area contributed by atoms with E-state index in [2.05, 4.69) is 30.6 Å². The number of anilines is 1. The molecule has 88 valence electrons. The predicted octanol–water partition coefficient (Wildman–Crippen LogP) is 1.63. The van der Waals surface area contributed by atoms with Crippen molar-refractivity contribution in [1.82, 2.24) is 9.97 Å². The van der Waals surface area contributed by atoms with E-state index >= 15 is 0 Å². The first-order valence-electron chi connectivity index (χ1n) is 4.85. The van der Waals surface area contributed by atoms with E-state index < -0.39 is 0 Å². The van der Waals surface area contributed by atoms with Gasteiger partial charge in [0.05, 0.1) is 11.6 Å². The SMILES string of the molecule is COC(=O)CN(c1ncc(Br)cn1)C(C)C. The number of hydrogen-bond donors (Lipinski definition) is 0. The third-order valence-corrected chi connectivity index (χ3v) is 2.42. The number of aromatic nitrogens is 2. The summed E-state index contributed by atoms with van der Waals surface area (Å²) in [6.07, 6.45) is 3.30. The van der Waals surface area contributed by atoms with E-state index in [-0.39, 0.29) is 18.6 Å². The Hall–Kier alpha value is -1.17. The molecule has 0 N–H and O–H groups in total. The number of nitrogens with zero attached hydrogens (tertiary/aromatic N) is 3. The van der Waals surface area contributed by atoms with Gasteiger partial charge in [-0.25, -0.2) is 9.97 Å². The number of carbonyl (C=O) groups is 1. The Bertz CT molecular complexity index is 354. The van der Waals surface area contributed by atoms with E-state index in [0.29, 0.717) is 5.95 Å². The third-order valence-electron chi connectivity index (χ3n) is 2.01. The number of hydrogen-bond acceptors (Lipinski definition) is 5. The van der Waals surface area contributed by atoms with Crippen molar-refractivity contribution >= 4 is 27.8 Å². The van der Waals surface area contributed by atoms with Crippen LogP contribution in [0.4, 0.5) is 5.95 Å². The van der Waals surface area contributed by atoms with Crippen LogP contribution >= 0.6 is 15.9 Å². The van der Waals surface area contributed by atoms with Gasteiger partial charge >= 0.3 is 5.97 Å². The Kier molecular flexibility index (Phi) is 4.67. The number of methoxy groups -OCH3 is 1. The molecule has 0 fully saturated rings. The van der Waals surface area contributed by atoms with Crippen LogP contribution in [0.5, 0.6) is 0 Å². The average Bonchev–Trinajstić information content (AvgIpc) is 2.26. The summed E-state index contributed by atoms with van der Waals surface area (Å²) < 4.78 is 5.43. The van der Waals surface area contributed by atoms with Gasteiger partial charge in [-0.1, -0.05) is 0 Å². The lowest BCUT2D eigenvalue weighted by Crippen LogP contribution is -2.37. The number of rotatable bonds is 4. The van der Waals surface area contributed by atoms with Gasteiger partial charge in [0.1, 0.15) is 6.54 Å². The topological polar surface area (TPSA) is 55.3 Å². The Morgan fingerprint density at radius 3 is 2.50 bits per heavy atom. The molecule has 0 aliphatic heterocycles. The lowest BCUT2D eigenvalue weighted by molar-refractivity contribution is -0.139. The molecular weight excluding hydrogens is 274 g/mol. The summed E-state index contributed by atoms with van der Waals surface area (Å²) in [6, 6.07) is 0.125. The monoisotopic (exact) mass is 287 g/mol. The zero-order valence-electron chi connectivity index (χ0n) is 9.48. The molecule has 0 bridgehead atoms. The van der Waals surface area contributed by atoms with Crippen LogP contribution in [0.25, 0.3) is 0 Å². The summed E-state index contributed by atoms with van der Waals surface area (Å²) in [7, 11) is 1.36. The van der Waals surface area contributed by atoms with Crippen molar-refractivity contribution < 1.29 is 9.53 Å². The predicted molar refractivity (Wildman–Crippen MR) is 64.2 cm³/mol. The molecule has 6 heteroatoms. The minimum atomic E-state index is -0.305. The van der Waals surface area contributed by atoms with Gasteiger partial charge in [-0.3, -0.25) is 4.79 Å². The van der Waals surface area contributed by atoms with Gasteiger partial charge in [-0.2, -0.15) is 0 Å². The Labute approximate surface area is 103 Å². The highest BCUT2D eigenvalue weighted by Crippen LogP contribution is 2.13. The van der Waals surface area contributed by atoms with Crippen molar-refractivity contribution in [3.05, 3.63) is 16.9 Å². The Morgan fingerprint density at radius 1 is 1.50 bits per heavy atom. The van der Waals surface area contributed by atoms with Crippen molar-refractivity contribution in [3.8, 4) is 0 Å². The van der Waals surface area contributed by atoms with Gasteiger partial charge in [-0.15, -0.1) is 0 Å². The molecule has 1 aromatic heterocycles. The van der Waals surface area contributed by atoms with Gasteiger partial charge in [-0.05, 0) is 29.8 Å². The van der Waals surface area contributed by atoms with Crippen molar-refractivity contribution in [1.29, 1.82) is 0 Å². The molecule has 0 aliphatic carbocycles. The van der Waals surface area contributed by atoms with E-state index in [1.165, 1.54) is 7.11 Å². The van der Waals surface area contributed by atoms with Crippen LogP contribution in [-0.2, 0) is 9.53 Å². The van der Waals surface area contributed by atoms with Gasteiger partial charge in [0, 0.05) is 18.4 Å². The van der Waals surface area contributed by atoms with Crippen molar-refractivity contribution in [2.45, 2.75) is 19.9 Å². The van der Waals surface area contributed by atoms with Gasteiger partial charge in [0.25, 0.3) is 0 Å². The smallest absolute Gasteiger partial charge is 0.325 e. The van der Waals surface area contributed by atoms with Crippen LogP contribution in [0.15, 0.2) is 16.9 Å². The maximum atomic E-state index is 11.2. The van der Waals surface area contributed by atoms with Gasteiger partial charge in [0.15, 0.2) is 0 Å². The first-order chi connectivity index (χ1) is 7.54. The first-order valence-corrected chi connectivity index (χ1v) is 5.65. The van der Waals surface area contributed by atoms with Crippen LogP contribution in [0, 0.1) is 0 Å². The summed E-state index contributed by atoms with van der Waals surface area (Å²) in [6.45, 7) is 4.08. The van der Waals surface area contributed by atoms with Crippen LogP contribution in [0.2, 0.25) is 0 Å². The van der Waals surface area contributed by atoms with Crippen molar-refractivity contribution in [3.63, 3.8) is 0 Å². The number of ether oxygens (including phenoxy) is 1. The molecule has 0 saturated carbocycles. The van der Waals surface area contributed by atoms with E-state index in [0.717, 1.165) is 4.47 Å². The van der Waals surface area contributed by atoms with Crippen LogP contribution < -0.4 is 4.90 Å². The fourth-order valence-corrected chi connectivity index (χ4v) is 1.35. The molecule has 1 rings (SSSR count). The van der Waals surface area contributed by atoms with E-state index in [1.807, 2.05) is 13.8 Å². The molecule has 0 amide bonds. The second-order valence-corrected chi connectivity index (χ2v) is 4.41. The molecule has 0 saturated heterocycles.